The highest BCUT2D eigenvalue weighted by Gasteiger charge is 2.29. The van der Waals surface area contributed by atoms with Gasteiger partial charge in [0.25, 0.3) is 5.91 Å². The molecule has 0 spiro atoms. The van der Waals surface area contributed by atoms with E-state index in [1.165, 1.54) is 11.1 Å². The molecule has 6 N–H and O–H groups in total. The van der Waals surface area contributed by atoms with Gasteiger partial charge in [0.2, 0.25) is 0 Å². The number of carbonyl (C=O) groups is 1. The molecule has 1 heterocycles. The molecule has 1 fully saturated rings. The summed E-state index contributed by atoms with van der Waals surface area (Å²) in [6.07, 6.45) is 3.27. The van der Waals surface area contributed by atoms with Crippen molar-refractivity contribution >= 4 is 28.1 Å². The Morgan fingerprint density at radius 1 is 1.05 bits per heavy atom. The second kappa shape index (κ2) is 13.3. The second-order valence-corrected chi connectivity index (χ2v) is 13.1. The Morgan fingerprint density at radius 3 is 2.61 bits per heavy atom. The minimum atomic E-state index is -2.94. The van der Waals surface area contributed by atoms with Crippen LogP contribution in [0.15, 0.2) is 72.8 Å². The molecule has 9 heteroatoms. The summed E-state index contributed by atoms with van der Waals surface area (Å²) in [5.41, 5.74) is 5.39. The Bertz CT molecular complexity index is 1320. The number of fused-ring (bicyclic) bond motifs is 1. The average molecular weight is 579 g/mol. The molecule has 1 aliphatic heterocycles. The van der Waals surface area contributed by atoms with Crippen LogP contribution in [-0.4, -0.2) is 57.7 Å². The zero-order valence-electron chi connectivity index (χ0n) is 23.6. The smallest absolute Gasteiger partial charge is 0.251 e. The van der Waals surface area contributed by atoms with Crippen molar-refractivity contribution in [2.45, 2.75) is 57.2 Å². The highest BCUT2D eigenvalue weighted by atomic mass is 32.3. The molecule has 3 atom stereocenters. The van der Waals surface area contributed by atoms with E-state index in [4.69, 9.17) is 0 Å². The maximum Gasteiger partial charge on any atom is 0.251 e. The van der Waals surface area contributed by atoms with E-state index in [0.29, 0.717) is 43.1 Å². The molecule has 1 saturated heterocycles. The van der Waals surface area contributed by atoms with Gasteiger partial charge in [-0.25, -0.2) is 0 Å². The largest absolute Gasteiger partial charge is 0.390 e. The van der Waals surface area contributed by atoms with Crippen LogP contribution in [0.1, 0.15) is 59.3 Å². The van der Waals surface area contributed by atoms with E-state index in [0.717, 1.165) is 36.9 Å². The number of anilines is 2. The van der Waals surface area contributed by atoms with E-state index >= 15 is 0 Å². The SMILES string of the molecule is CCNc1cc(C(=O)N[C@@H](Cc2ccccc2)[C@H](O)CN[C@@H]2CCc3ccccc32)cc(N2CCCCS2(O)O)c1. The highest BCUT2D eigenvalue weighted by molar-refractivity contribution is 8.25. The van der Waals surface area contributed by atoms with Gasteiger partial charge in [-0.3, -0.25) is 18.2 Å². The third-order valence-corrected chi connectivity index (χ3v) is 9.95. The standard InChI is InChI=1S/C32H42N4O4S/c1-2-33-26-19-25(20-27(21-26)36-16-8-9-17-41(36,39)40)32(38)35-30(18-23-10-4-3-5-11-23)31(37)22-34-29-15-14-24-12-6-7-13-28(24)29/h3-7,10-13,19-21,29-31,33-34,37,39-40H,2,8-9,14-18,22H2,1H3,(H,35,38)/t29-,30+,31-/m1/s1. The van der Waals surface area contributed by atoms with E-state index in [9.17, 15) is 19.0 Å². The summed E-state index contributed by atoms with van der Waals surface area (Å²) in [5.74, 6) is 0.00901. The van der Waals surface area contributed by atoms with E-state index in [2.05, 4.69) is 34.1 Å². The number of benzene rings is 3. The molecule has 0 unspecified atom stereocenters. The Balaban J connectivity index is 1.35. The van der Waals surface area contributed by atoms with Gasteiger partial charge in [-0.15, -0.1) is 10.8 Å². The molecular formula is C32H42N4O4S. The molecule has 1 aliphatic carbocycles. The molecule has 1 amide bonds. The zero-order valence-corrected chi connectivity index (χ0v) is 24.4. The first kappa shape index (κ1) is 29.4. The third kappa shape index (κ3) is 7.23. The molecule has 220 valence electrons. The van der Waals surface area contributed by atoms with Gasteiger partial charge in [-0.2, -0.15) is 0 Å². The van der Waals surface area contributed by atoms with Crippen LogP contribution >= 0.6 is 10.8 Å². The second-order valence-electron chi connectivity index (χ2n) is 11.0. The maximum atomic E-state index is 13.7. The maximum absolute atomic E-state index is 13.7. The molecule has 5 rings (SSSR count). The van der Waals surface area contributed by atoms with Crippen LogP contribution in [0.3, 0.4) is 0 Å². The number of hydrogen-bond donors (Lipinski definition) is 6. The van der Waals surface area contributed by atoms with Crippen LogP contribution in [0.25, 0.3) is 0 Å². The lowest BCUT2D eigenvalue weighted by molar-refractivity contribution is 0.0824. The summed E-state index contributed by atoms with van der Waals surface area (Å²) in [7, 11) is -2.94. The number of hydrogen-bond acceptors (Lipinski definition) is 7. The van der Waals surface area contributed by atoms with Crippen molar-refractivity contribution in [2.24, 2.45) is 0 Å². The molecule has 0 saturated carbocycles. The minimum absolute atomic E-state index is 0.178. The number of aliphatic hydroxyl groups is 1. The van der Waals surface area contributed by atoms with Gasteiger partial charge in [0, 0.05) is 36.9 Å². The van der Waals surface area contributed by atoms with E-state index in [1.54, 1.807) is 16.4 Å². The number of aryl methyl sites for hydroxylation is 1. The average Bonchev–Trinajstić information content (AvgIpc) is 3.39. The van der Waals surface area contributed by atoms with Gasteiger partial charge >= 0.3 is 0 Å². The Kier molecular flexibility index (Phi) is 9.52. The number of nitrogens with zero attached hydrogens (tertiary/aromatic N) is 1. The van der Waals surface area contributed by atoms with Crippen molar-refractivity contribution in [3.63, 3.8) is 0 Å². The quantitative estimate of drug-likeness (QED) is 0.181. The summed E-state index contributed by atoms with van der Waals surface area (Å²) < 4.78 is 23.1. The number of amides is 1. The summed E-state index contributed by atoms with van der Waals surface area (Å²) in [6.45, 7) is 3.49. The first-order chi connectivity index (χ1) is 19.8. The fourth-order valence-electron chi connectivity index (χ4n) is 5.88. The lowest BCUT2D eigenvalue weighted by atomic mass is 9.99. The first-order valence-corrected chi connectivity index (χ1v) is 16.3. The molecule has 3 aromatic rings. The fraction of sp³-hybridized carbons (Fsp3) is 0.406. The minimum Gasteiger partial charge on any atom is -0.390 e. The van der Waals surface area contributed by atoms with Crippen molar-refractivity contribution < 1.29 is 19.0 Å². The summed E-state index contributed by atoms with van der Waals surface area (Å²) in [5, 5.41) is 21.3. The van der Waals surface area contributed by atoms with Crippen LogP contribution in [0.2, 0.25) is 0 Å². The van der Waals surface area contributed by atoms with Crippen molar-refractivity contribution in [1.29, 1.82) is 0 Å². The number of nitrogens with one attached hydrogen (secondary N) is 3. The first-order valence-electron chi connectivity index (χ1n) is 14.6. The van der Waals surface area contributed by atoms with Gasteiger partial charge in [0.1, 0.15) is 0 Å². The van der Waals surface area contributed by atoms with E-state index in [-0.39, 0.29) is 11.9 Å². The fourth-order valence-corrected chi connectivity index (χ4v) is 7.55. The van der Waals surface area contributed by atoms with Gasteiger partial charge < -0.3 is 21.1 Å². The van der Waals surface area contributed by atoms with Gasteiger partial charge in [0.05, 0.1) is 23.6 Å². The number of rotatable bonds is 11. The molecule has 3 aromatic carbocycles. The lowest BCUT2D eigenvalue weighted by Gasteiger charge is -2.47. The van der Waals surface area contributed by atoms with Crippen LogP contribution in [0.5, 0.6) is 0 Å². The monoisotopic (exact) mass is 578 g/mol. The summed E-state index contributed by atoms with van der Waals surface area (Å²) in [4.78, 5) is 13.7. The topological polar surface area (TPSA) is 117 Å². The molecule has 0 aromatic heterocycles. The third-order valence-electron chi connectivity index (χ3n) is 8.02. The van der Waals surface area contributed by atoms with Crippen LogP contribution in [0.4, 0.5) is 11.4 Å². The van der Waals surface area contributed by atoms with Crippen molar-refractivity contribution in [3.05, 3.63) is 95.1 Å². The van der Waals surface area contributed by atoms with Gasteiger partial charge in [-0.1, -0.05) is 54.6 Å². The normalized spacial score (nSPS) is 20.1. The van der Waals surface area contributed by atoms with Gasteiger partial charge in [-0.05, 0) is 73.9 Å². The molecule has 0 radical (unpaired) electrons. The number of carbonyl (C=O) groups excluding carboxylic acids is 1. The predicted molar refractivity (Wildman–Crippen MR) is 168 cm³/mol. The highest BCUT2D eigenvalue weighted by Crippen LogP contribution is 2.50. The van der Waals surface area contributed by atoms with Gasteiger partial charge in [0.15, 0.2) is 0 Å². The van der Waals surface area contributed by atoms with E-state index in [1.807, 2.05) is 49.4 Å². The Hall–Kier alpha value is -3.08. The van der Waals surface area contributed by atoms with Crippen LogP contribution in [-0.2, 0) is 12.8 Å². The van der Waals surface area contributed by atoms with E-state index < -0.39 is 22.9 Å². The molecule has 2 aliphatic rings. The zero-order chi connectivity index (χ0) is 28.8. The van der Waals surface area contributed by atoms with Crippen molar-refractivity contribution in [3.8, 4) is 0 Å². The molecule has 8 nitrogen and oxygen atoms in total. The molecule has 41 heavy (non-hydrogen) atoms. The molecule has 0 bridgehead atoms. The Labute approximate surface area is 244 Å². The van der Waals surface area contributed by atoms with Crippen molar-refractivity contribution in [1.82, 2.24) is 10.6 Å². The van der Waals surface area contributed by atoms with Crippen molar-refractivity contribution in [2.75, 3.05) is 35.0 Å². The lowest BCUT2D eigenvalue weighted by Crippen LogP contribution is -2.49. The number of aliphatic hydroxyl groups excluding tert-OH is 1. The summed E-state index contributed by atoms with van der Waals surface area (Å²) >= 11 is 0. The summed E-state index contributed by atoms with van der Waals surface area (Å²) in [6, 6.07) is 23.3. The van der Waals surface area contributed by atoms with Crippen LogP contribution in [0, 0.1) is 0 Å². The Morgan fingerprint density at radius 2 is 1.83 bits per heavy atom. The predicted octanol–water partition coefficient (Wildman–Crippen LogP) is 5.36. The molecular weight excluding hydrogens is 536 g/mol. The van der Waals surface area contributed by atoms with Crippen LogP contribution < -0.4 is 20.3 Å².